The summed E-state index contributed by atoms with van der Waals surface area (Å²) in [7, 11) is 9.03. The van der Waals surface area contributed by atoms with Crippen molar-refractivity contribution in [2.24, 2.45) is 0 Å². The summed E-state index contributed by atoms with van der Waals surface area (Å²) in [4.78, 5) is 30.9. The maximum absolute atomic E-state index is 15.0. The predicted octanol–water partition coefficient (Wildman–Crippen LogP) is 7.09. The molecule has 254 valence electrons. The summed E-state index contributed by atoms with van der Waals surface area (Å²) in [5, 5.41) is 3.50. The molecule has 6 rings (SSSR count). The number of anilines is 2. The van der Waals surface area contributed by atoms with E-state index < -0.39 is 17.8 Å². The molecule has 4 aromatic carbocycles. The zero-order valence-electron chi connectivity index (χ0n) is 28.1. The van der Waals surface area contributed by atoms with Crippen LogP contribution < -0.4 is 38.6 Å². The Kier molecular flexibility index (Phi) is 9.35. The average molecular weight is 669 g/mol. The first-order chi connectivity index (χ1) is 23.8. The first-order valence-electron chi connectivity index (χ1n) is 15.6. The lowest BCUT2D eigenvalue weighted by Crippen LogP contribution is -2.38. The van der Waals surface area contributed by atoms with E-state index in [9.17, 15) is 14.0 Å². The lowest BCUT2D eigenvalue weighted by molar-refractivity contribution is -0.116. The number of amides is 1. The Morgan fingerprint density at radius 2 is 1.31 bits per heavy atom. The summed E-state index contributed by atoms with van der Waals surface area (Å²) in [5.41, 5.74) is 3.57. The van der Waals surface area contributed by atoms with Crippen molar-refractivity contribution in [1.82, 2.24) is 0 Å². The molecular formula is C38H37FN2O8. The summed E-state index contributed by atoms with van der Waals surface area (Å²) in [6.07, 6.45) is 0.527. The smallest absolute Gasteiger partial charge is 0.259 e. The van der Waals surface area contributed by atoms with Crippen molar-refractivity contribution >= 4 is 23.1 Å². The maximum Gasteiger partial charge on any atom is 0.259 e. The summed E-state index contributed by atoms with van der Waals surface area (Å²) in [6.45, 7) is 0. The molecule has 0 radical (unpaired) electrons. The Balaban J connectivity index is 1.55. The normalized spacial score (nSPS) is 16.9. The van der Waals surface area contributed by atoms with E-state index in [1.807, 2.05) is 30.3 Å². The van der Waals surface area contributed by atoms with E-state index in [0.29, 0.717) is 57.6 Å². The van der Waals surface area contributed by atoms with E-state index in [1.165, 1.54) is 45.5 Å². The second kappa shape index (κ2) is 13.8. The molecule has 0 unspecified atom stereocenters. The number of allylic oxidation sites excluding steroid dienone is 1. The molecule has 1 aliphatic heterocycles. The highest BCUT2D eigenvalue weighted by Crippen LogP contribution is 2.50. The van der Waals surface area contributed by atoms with E-state index in [0.717, 1.165) is 5.56 Å². The van der Waals surface area contributed by atoms with Crippen LogP contribution in [0.1, 0.15) is 46.3 Å². The van der Waals surface area contributed by atoms with Gasteiger partial charge < -0.3 is 33.7 Å². The molecular weight excluding hydrogens is 631 g/mol. The molecule has 4 aromatic rings. The number of ether oxygens (including phenoxy) is 6. The first kappa shape index (κ1) is 33.2. The van der Waals surface area contributed by atoms with Gasteiger partial charge >= 0.3 is 0 Å². The highest BCUT2D eigenvalue weighted by atomic mass is 19.1. The number of carbonyl (C=O) groups excluding carboxylic acids is 2. The van der Waals surface area contributed by atoms with Crippen molar-refractivity contribution in [2.75, 3.05) is 52.9 Å². The van der Waals surface area contributed by atoms with Crippen molar-refractivity contribution in [3.8, 4) is 34.5 Å². The van der Waals surface area contributed by atoms with Gasteiger partial charge in [0.1, 0.15) is 5.82 Å². The molecule has 1 aliphatic carbocycles. The zero-order chi connectivity index (χ0) is 34.8. The lowest BCUT2D eigenvalue weighted by Gasteiger charge is -2.35. The predicted molar refractivity (Wildman–Crippen MR) is 182 cm³/mol. The number of fused-ring (bicyclic) bond motifs is 1. The first-order valence-corrected chi connectivity index (χ1v) is 15.6. The third-order valence-corrected chi connectivity index (χ3v) is 8.94. The zero-order valence-corrected chi connectivity index (χ0v) is 28.1. The number of para-hydroxylation sites is 2. The molecule has 0 fully saturated rings. The number of hydrogen-bond acceptors (Lipinski definition) is 9. The number of ketones is 1. The van der Waals surface area contributed by atoms with Gasteiger partial charge in [-0.2, -0.15) is 0 Å². The van der Waals surface area contributed by atoms with E-state index in [-0.39, 0.29) is 35.2 Å². The Hall–Kier alpha value is -5.71. The van der Waals surface area contributed by atoms with Crippen LogP contribution in [0, 0.1) is 5.82 Å². The maximum atomic E-state index is 15.0. The Morgan fingerprint density at radius 3 is 1.88 bits per heavy atom. The highest BCUT2D eigenvalue weighted by Gasteiger charge is 2.42. The standard InChI is InChI=1S/C38H37FN2O8/c1-44-30-17-23(18-31(45-2)36(30)48-5)22-15-27-34(29(42)16-22)35(21-10-9-11-25(39)14-21)41(28-13-8-7-12-26(28)40-27)38(43)24-19-32(46-3)37(49-6)33(20-24)47-4/h7-14,17-20,22,35,40H,15-16H2,1-6H3/t22-,35+/m0/s1. The third kappa shape index (κ3) is 5.96. The lowest BCUT2D eigenvalue weighted by atomic mass is 9.78. The van der Waals surface area contributed by atoms with Gasteiger partial charge in [0.25, 0.3) is 5.91 Å². The molecule has 1 heterocycles. The number of carbonyl (C=O) groups is 2. The molecule has 11 heteroatoms. The van der Waals surface area contributed by atoms with Crippen molar-refractivity contribution in [3.05, 3.63) is 107 Å². The van der Waals surface area contributed by atoms with E-state index in [1.54, 1.807) is 44.6 Å². The highest BCUT2D eigenvalue weighted by molar-refractivity contribution is 6.12. The van der Waals surface area contributed by atoms with Crippen LogP contribution in [0.2, 0.25) is 0 Å². The second-order valence-electron chi connectivity index (χ2n) is 11.6. The van der Waals surface area contributed by atoms with Gasteiger partial charge in [-0.25, -0.2) is 4.39 Å². The largest absolute Gasteiger partial charge is 0.493 e. The fourth-order valence-electron chi connectivity index (χ4n) is 6.72. The van der Waals surface area contributed by atoms with Gasteiger partial charge in [0.15, 0.2) is 28.8 Å². The minimum absolute atomic E-state index is 0.119. The molecule has 0 saturated heterocycles. The average Bonchev–Trinajstić information content (AvgIpc) is 3.27. The quantitative estimate of drug-likeness (QED) is 0.200. The topological polar surface area (TPSA) is 105 Å². The van der Waals surface area contributed by atoms with Crippen molar-refractivity contribution in [3.63, 3.8) is 0 Å². The molecule has 1 amide bonds. The summed E-state index contributed by atoms with van der Waals surface area (Å²) >= 11 is 0. The number of rotatable bonds is 9. The Bertz CT molecular complexity index is 1910. The molecule has 2 aliphatic rings. The van der Waals surface area contributed by atoms with Crippen LogP contribution in [0.25, 0.3) is 0 Å². The van der Waals surface area contributed by atoms with Crippen LogP contribution in [-0.4, -0.2) is 54.3 Å². The number of halogens is 1. The van der Waals surface area contributed by atoms with E-state index >= 15 is 0 Å². The SMILES string of the molecule is COc1cc(C(=O)N2c3ccccc3NC3=C(C(=O)C[C@@H](c4cc(OC)c(OC)c(OC)c4)C3)[C@H]2c2cccc(F)c2)cc(OC)c1OC. The Morgan fingerprint density at radius 1 is 0.714 bits per heavy atom. The summed E-state index contributed by atoms with van der Waals surface area (Å²) < 4.78 is 48.3. The number of hydrogen-bond donors (Lipinski definition) is 1. The van der Waals surface area contributed by atoms with Gasteiger partial charge in [-0.05, 0) is 72.0 Å². The fraction of sp³-hybridized carbons (Fsp3) is 0.263. The van der Waals surface area contributed by atoms with Crippen LogP contribution in [0.15, 0.2) is 84.1 Å². The number of nitrogens with one attached hydrogen (secondary N) is 1. The van der Waals surface area contributed by atoms with Crippen LogP contribution in [-0.2, 0) is 4.79 Å². The molecule has 49 heavy (non-hydrogen) atoms. The second-order valence-corrected chi connectivity index (χ2v) is 11.6. The molecule has 0 spiro atoms. The number of nitrogens with zero attached hydrogens (tertiary/aromatic N) is 1. The van der Waals surface area contributed by atoms with E-state index in [2.05, 4.69) is 5.32 Å². The molecule has 0 aromatic heterocycles. The number of Topliss-reactive ketones (excluding diaryl/α,β-unsaturated/α-hetero) is 1. The molecule has 0 saturated carbocycles. The van der Waals surface area contributed by atoms with Crippen molar-refractivity contribution in [2.45, 2.75) is 24.8 Å². The van der Waals surface area contributed by atoms with Crippen molar-refractivity contribution < 1.29 is 42.4 Å². The number of benzene rings is 4. The molecule has 10 nitrogen and oxygen atoms in total. The minimum Gasteiger partial charge on any atom is -0.493 e. The minimum atomic E-state index is -0.984. The van der Waals surface area contributed by atoms with Gasteiger partial charge in [-0.1, -0.05) is 24.3 Å². The van der Waals surface area contributed by atoms with Gasteiger partial charge in [0.2, 0.25) is 11.5 Å². The summed E-state index contributed by atoms with van der Waals surface area (Å²) in [5.74, 6) is 0.871. The summed E-state index contributed by atoms with van der Waals surface area (Å²) in [6, 6.07) is 19.1. The van der Waals surface area contributed by atoms with Gasteiger partial charge in [-0.15, -0.1) is 0 Å². The Labute approximate surface area is 283 Å². The van der Waals surface area contributed by atoms with Crippen LogP contribution in [0.4, 0.5) is 15.8 Å². The van der Waals surface area contributed by atoms with Gasteiger partial charge in [0.05, 0.1) is 60.1 Å². The monoisotopic (exact) mass is 668 g/mol. The van der Waals surface area contributed by atoms with Crippen LogP contribution >= 0.6 is 0 Å². The number of methoxy groups -OCH3 is 6. The van der Waals surface area contributed by atoms with Gasteiger partial charge in [0, 0.05) is 23.3 Å². The molecule has 1 N–H and O–H groups in total. The third-order valence-electron chi connectivity index (χ3n) is 8.94. The fourth-order valence-corrected chi connectivity index (χ4v) is 6.72. The van der Waals surface area contributed by atoms with E-state index in [4.69, 9.17) is 28.4 Å². The molecule has 2 atom stereocenters. The van der Waals surface area contributed by atoms with Crippen LogP contribution in [0.5, 0.6) is 34.5 Å². The van der Waals surface area contributed by atoms with Gasteiger partial charge in [-0.3, -0.25) is 14.5 Å². The van der Waals surface area contributed by atoms with Crippen LogP contribution in [0.3, 0.4) is 0 Å². The molecule has 0 bridgehead atoms. The van der Waals surface area contributed by atoms with Crippen molar-refractivity contribution in [1.29, 1.82) is 0 Å².